The van der Waals surface area contributed by atoms with Crippen LogP contribution in [0, 0.1) is 18.8 Å². The van der Waals surface area contributed by atoms with Gasteiger partial charge in [-0.05, 0) is 62.7 Å². The maximum Gasteiger partial charge on any atom is 0.220 e. The Morgan fingerprint density at radius 1 is 1.39 bits per heavy atom. The molecule has 0 spiro atoms. The number of amides is 1. The molecule has 23 heavy (non-hydrogen) atoms. The predicted molar refractivity (Wildman–Crippen MR) is 93.8 cm³/mol. The van der Waals surface area contributed by atoms with Crippen LogP contribution in [0.3, 0.4) is 0 Å². The summed E-state index contributed by atoms with van der Waals surface area (Å²) in [5.74, 6) is 2.21. The lowest BCUT2D eigenvalue weighted by molar-refractivity contribution is -0.122. The van der Waals surface area contributed by atoms with Crippen LogP contribution in [0.1, 0.15) is 37.3 Å². The van der Waals surface area contributed by atoms with Gasteiger partial charge in [-0.3, -0.25) is 4.79 Å². The van der Waals surface area contributed by atoms with E-state index in [2.05, 4.69) is 30.5 Å². The monoisotopic (exact) mass is 318 g/mol. The fourth-order valence-electron chi connectivity index (χ4n) is 3.38. The fourth-order valence-corrected chi connectivity index (χ4v) is 3.38. The van der Waals surface area contributed by atoms with E-state index in [1.54, 1.807) is 7.11 Å². The van der Waals surface area contributed by atoms with E-state index < -0.39 is 0 Å². The molecule has 0 aliphatic carbocycles. The van der Waals surface area contributed by atoms with Crippen molar-refractivity contribution in [1.29, 1.82) is 0 Å². The summed E-state index contributed by atoms with van der Waals surface area (Å²) in [4.78, 5) is 12.1. The Hall–Kier alpha value is -1.55. The number of aryl methyl sites for hydroxylation is 1. The zero-order valence-electron chi connectivity index (χ0n) is 14.7. The maximum atomic E-state index is 12.1. The van der Waals surface area contributed by atoms with Gasteiger partial charge in [0.15, 0.2) is 0 Å². The molecule has 1 unspecified atom stereocenters. The van der Waals surface area contributed by atoms with Gasteiger partial charge in [0.1, 0.15) is 5.75 Å². The van der Waals surface area contributed by atoms with E-state index in [1.807, 2.05) is 12.1 Å². The Morgan fingerprint density at radius 3 is 2.83 bits per heavy atom. The highest BCUT2D eigenvalue weighted by Gasteiger charge is 2.21. The van der Waals surface area contributed by atoms with Gasteiger partial charge >= 0.3 is 0 Å². The zero-order chi connectivity index (χ0) is 16.7. The van der Waals surface area contributed by atoms with Crippen molar-refractivity contribution in [3.63, 3.8) is 0 Å². The Kier molecular flexibility index (Phi) is 6.90. The Bertz CT molecular complexity index is 510. The van der Waals surface area contributed by atoms with Crippen LogP contribution in [-0.2, 0) is 11.2 Å². The largest absolute Gasteiger partial charge is 0.496 e. The molecule has 1 aromatic rings. The summed E-state index contributed by atoms with van der Waals surface area (Å²) in [5, 5.41) is 6.44. The minimum absolute atomic E-state index is 0.169. The lowest BCUT2D eigenvalue weighted by atomic mass is 9.84. The molecule has 4 heteroatoms. The van der Waals surface area contributed by atoms with E-state index >= 15 is 0 Å². The topological polar surface area (TPSA) is 50.4 Å². The van der Waals surface area contributed by atoms with Gasteiger partial charge in [-0.25, -0.2) is 0 Å². The quantitative estimate of drug-likeness (QED) is 0.813. The third-order valence-electron chi connectivity index (χ3n) is 4.85. The summed E-state index contributed by atoms with van der Waals surface area (Å²) < 4.78 is 5.38. The molecule has 1 fully saturated rings. The third kappa shape index (κ3) is 5.54. The summed E-state index contributed by atoms with van der Waals surface area (Å²) >= 11 is 0. The third-order valence-corrected chi connectivity index (χ3v) is 4.85. The molecule has 1 atom stereocenters. The van der Waals surface area contributed by atoms with Crippen LogP contribution < -0.4 is 15.4 Å². The highest BCUT2D eigenvalue weighted by molar-refractivity contribution is 5.76. The molecule has 1 saturated heterocycles. The molecule has 2 rings (SSSR count). The Labute approximate surface area is 140 Å². The minimum atomic E-state index is 0.169. The van der Waals surface area contributed by atoms with E-state index in [9.17, 15) is 4.79 Å². The van der Waals surface area contributed by atoms with Crippen LogP contribution in [0.4, 0.5) is 0 Å². The second-order valence-electron chi connectivity index (χ2n) is 6.68. The summed E-state index contributed by atoms with van der Waals surface area (Å²) in [7, 11) is 1.69. The highest BCUT2D eigenvalue weighted by Crippen LogP contribution is 2.24. The first-order valence-electron chi connectivity index (χ1n) is 8.71. The molecule has 4 nitrogen and oxygen atoms in total. The van der Waals surface area contributed by atoms with Gasteiger partial charge in [-0.1, -0.05) is 24.6 Å². The first kappa shape index (κ1) is 17.8. The van der Waals surface area contributed by atoms with E-state index in [-0.39, 0.29) is 5.91 Å². The minimum Gasteiger partial charge on any atom is -0.496 e. The standard InChI is InChI=1S/C19H30N2O2/c1-14-4-5-18(23-3)17(12-14)8-11-21-19(22)13-15(2)16-6-9-20-10-7-16/h4-5,12,15-16,20H,6-11,13H2,1-3H3,(H,21,22). The summed E-state index contributed by atoms with van der Waals surface area (Å²) in [5.41, 5.74) is 2.37. The normalized spacial score (nSPS) is 16.8. The van der Waals surface area contributed by atoms with Crippen LogP contribution in [0.5, 0.6) is 5.75 Å². The van der Waals surface area contributed by atoms with Gasteiger partial charge in [0, 0.05) is 13.0 Å². The van der Waals surface area contributed by atoms with Crippen molar-refractivity contribution in [3.8, 4) is 5.75 Å². The number of carbonyl (C=O) groups is 1. The van der Waals surface area contributed by atoms with Gasteiger partial charge < -0.3 is 15.4 Å². The number of hydrogen-bond donors (Lipinski definition) is 2. The molecule has 128 valence electrons. The lowest BCUT2D eigenvalue weighted by Gasteiger charge is -2.27. The molecule has 1 amide bonds. The van der Waals surface area contributed by atoms with E-state index in [1.165, 1.54) is 18.4 Å². The van der Waals surface area contributed by atoms with Crippen molar-refractivity contribution < 1.29 is 9.53 Å². The van der Waals surface area contributed by atoms with Crippen molar-refractivity contribution in [1.82, 2.24) is 10.6 Å². The SMILES string of the molecule is COc1ccc(C)cc1CCNC(=O)CC(C)C1CCNCC1. The second-order valence-corrected chi connectivity index (χ2v) is 6.68. The number of hydrogen-bond acceptors (Lipinski definition) is 3. The van der Waals surface area contributed by atoms with Crippen molar-refractivity contribution in [2.45, 2.75) is 39.5 Å². The number of ether oxygens (including phenoxy) is 1. The van der Waals surface area contributed by atoms with Gasteiger partial charge in [0.25, 0.3) is 0 Å². The van der Waals surface area contributed by atoms with Crippen molar-refractivity contribution >= 4 is 5.91 Å². The van der Waals surface area contributed by atoms with E-state index in [4.69, 9.17) is 4.74 Å². The van der Waals surface area contributed by atoms with Gasteiger partial charge in [-0.2, -0.15) is 0 Å². The molecular formula is C19H30N2O2. The van der Waals surface area contributed by atoms with Crippen LogP contribution in [0.15, 0.2) is 18.2 Å². The number of nitrogens with one attached hydrogen (secondary N) is 2. The number of benzene rings is 1. The first-order valence-corrected chi connectivity index (χ1v) is 8.71. The average molecular weight is 318 g/mol. The second kappa shape index (κ2) is 8.92. The molecule has 1 heterocycles. The Morgan fingerprint density at radius 2 is 2.13 bits per heavy atom. The van der Waals surface area contributed by atoms with Crippen molar-refractivity contribution in [3.05, 3.63) is 29.3 Å². The van der Waals surface area contributed by atoms with Gasteiger partial charge in [-0.15, -0.1) is 0 Å². The maximum absolute atomic E-state index is 12.1. The predicted octanol–water partition coefficient (Wildman–Crippen LogP) is 2.69. The highest BCUT2D eigenvalue weighted by atomic mass is 16.5. The molecule has 0 bridgehead atoms. The molecule has 2 N–H and O–H groups in total. The van der Waals surface area contributed by atoms with Crippen molar-refractivity contribution in [2.75, 3.05) is 26.7 Å². The number of rotatable bonds is 7. The molecule has 1 aliphatic heterocycles. The molecule has 0 aromatic heterocycles. The van der Waals surface area contributed by atoms with E-state index in [0.29, 0.717) is 24.8 Å². The average Bonchev–Trinajstić information content (AvgIpc) is 2.56. The van der Waals surface area contributed by atoms with Crippen LogP contribution in [0.2, 0.25) is 0 Å². The zero-order valence-corrected chi connectivity index (χ0v) is 14.7. The molecular weight excluding hydrogens is 288 g/mol. The smallest absolute Gasteiger partial charge is 0.220 e. The van der Waals surface area contributed by atoms with E-state index in [0.717, 1.165) is 30.8 Å². The fraction of sp³-hybridized carbons (Fsp3) is 0.632. The number of methoxy groups -OCH3 is 1. The number of piperidine rings is 1. The molecule has 1 aromatic carbocycles. The Balaban J connectivity index is 1.75. The van der Waals surface area contributed by atoms with Crippen molar-refractivity contribution in [2.24, 2.45) is 11.8 Å². The number of carbonyl (C=O) groups excluding carboxylic acids is 1. The lowest BCUT2D eigenvalue weighted by Crippen LogP contribution is -2.34. The van der Waals surface area contributed by atoms with Crippen LogP contribution in [0.25, 0.3) is 0 Å². The van der Waals surface area contributed by atoms with Gasteiger partial charge in [0.2, 0.25) is 5.91 Å². The molecule has 0 radical (unpaired) electrons. The molecule has 0 saturated carbocycles. The van der Waals surface area contributed by atoms with Crippen LogP contribution in [-0.4, -0.2) is 32.7 Å². The summed E-state index contributed by atoms with van der Waals surface area (Å²) in [6, 6.07) is 6.16. The first-order chi connectivity index (χ1) is 11.1. The summed E-state index contributed by atoms with van der Waals surface area (Å²) in [6.07, 6.45) is 3.82. The van der Waals surface area contributed by atoms with Gasteiger partial charge in [0.05, 0.1) is 7.11 Å². The summed E-state index contributed by atoms with van der Waals surface area (Å²) in [6.45, 7) is 7.12. The molecule has 1 aliphatic rings. The van der Waals surface area contributed by atoms with Crippen LogP contribution >= 0.6 is 0 Å².